The monoisotopic (exact) mass is 396 g/mol. The number of nitrogens with zero attached hydrogens (tertiary/aromatic N) is 2. The molecular weight excluding hydrogens is 375 g/mol. The van der Waals surface area contributed by atoms with Crippen molar-refractivity contribution in [3.63, 3.8) is 0 Å². The van der Waals surface area contributed by atoms with Crippen molar-refractivity contribution in [3.8, 4) is 11.5 Å². The minimum atomic E-state index is 0.0310. The molecule has 0 spiro atoms. The van der Waals surface area contributed by atoms with Gasteiger partial charge in [0.2, 0.25) is 5.91 Å². The molecule has 6 nitrogen and oxygen atoms in total. The number of ether oxygens (including phenoxy) is 1. The Morgan fingerprint density at radius 1 is 1.31 bits per heavy atom. The lowest BCUT2D eigenvalue weighted by Crippen LogP contribution is -2.43. The Balaban J connectivity index is 1.66. The molecule has 2 N–H and O–H groups in total. The SMILES string of the molecule is CC(=O)NC1CCN(Cc2[nH]nc(C)c2Oc2cc(Cl)cc(Cl)c2)CC1. The Morgan fingerprint density at radius 3 is 2.58 bits per heavy atom. The van der Waals surface area contributed by atoms with E-state index in [0.717, 1.165) is 37.3 Å². The fourth-order valence-electron chi connectivity index (χ4n) is 3.17. The molecule has 1 aromatic carbocycles. The van der Waals surface area contributed by atoms with Gasteiger partial charge in [-0.25, -0.2) is 0 Å². The molecule has 1 aromatic heterocycles. The van der Waals surface area contributed by atoms with E-state index in [4.69, 9.17) is 27.9 Å². The number of amides is 1. The normalized spacial score (nSPS) is 15.8. The number of aromatic nitrogens is 2. The van der Waals surface area contributed by atoms with E-state index in [1.165, 1.54) is 0 Å². The summed E-state index contributed by atoms with van der Waals surface area (Å²) in [5.41, 5.74) is 1.70. The second-order valence-corrected chi connectivity index (χ2v) is 7.45. The van der Waals surface area contributed by atoms with Gasteiger partial charge in [0.25, 0.3) is 0 Å². The number of aromatic amines is 1. The van der Waals surface area contributed by atoms with Crippen LogP contribution in [0.25, 0.3) is 0 Å². The molecule has 3 rings (SSSR count). The summed E-state index contributed by atoms with van der Waals surface area (Å²) in [5, 5.41) is 11.4. The lowest BCUT2D eigenvalue weighted by molar-refractivity contribution is -0.119. The number of nitrogens with one attached hydrogen (secondary N) is 2. The highest BCUT2D eigenvalue weighted by Crippen LogP contribution is 2.32. The molecule has 1 aliphatic heterocycles. The maximum Gasteiger partial charge on any atom is 0.217 e. The van der Waals surface area contributed by atoms with Gasteiger partial charge in [0.15, 0.2) is 5.75 Å². The van der Waals surface area contributed by atoms with E-state index in [0.29, 0.717) is 28.1 Å². The van der Waals surface area contributed by atoms with Crippen LogP contribution in [0.4, 0.5) is 0 Å². The van der Waals surface area contributed by atoms with Gasteiger partial charge in [-0.05, 0) is 38.0 Å². The quantitative estimate of drug-likeness (QED) is 0.803. The van der Waals surface area contributed by atoms with E-state index in [1.807, 2.05) is 6.92 Å². The van der Waals surface area contributed by atoms with Crippen LogP contribution in [0.15, 0.2) is 18.2 Å². The first kappa shape index (κ1) is 19.0. The Morgan fingerprint density at radius 2 is 1.96 bits per heavy atom. The fraction of sp³-hybridized carbons (Fsp3) is 0.444. The van der Waals surface area contributed by atoms with Crippen LogP contribution in [0.5, 0.6) is 11.5 Å². The number of piperidine rings is 1. The molecule has 8 heteroatoms. The van der Waals surface area contributed by atoms with Gasteiger partial charge in [-0.15, -0.1) is 0 Å². The molecule has 0 aliphatic carbocycles. The molecule has 1 fully saturated rings. The number of aryl methyl sites for hydroxylation is 1. The number of carbonyl (C=O) groups excluding carboxylic acids is 1. The van der Waals surface area contributed by atoms with Crippen molar-refractivity contribution >= 4 is 29.1 Å². The predicted octanol–water partition coefficient (Wildman–Crippen LogP) is 3.92. The molecule has 1 saturated heterocycles. The van der Waals surface area contributed by atoms with E-state index in [9.17, 15) is 4.79 Å². The van der Waals surface area contributed by atoms with Gasteiger partial charge in [0.05, 0.1) is 5.69 Å². The van der Waals surface area contributed by atoms with Crippen LogP contribution in [-0.2, 0) is 11.3 Å². The van der Waals surface area contributed by atoms with Crippen LogP contribution in [0.1, 0.15) is 31.2 Å². The Bertz CT molecular complexity index is 765. The zero-order chi connectivity index (χ0) is 18.7. The highest BCUT2D eigenvalue weighted by atomic mass is 35.5. The molecular formula is C18H22Cl2N4O2. The topological polar surface area (TPSA) is 70.2 Å². The van der Waals surface area contributed by atoms with Crippen molar-refractivity contribution in [2.45, 2.75) is 39.3 Å². The van der Waals surface area contributed by atoms with Crippen LogP contribution in [-0.4, -0.2) is 40.1 Å². The summed E-state index contributed by atoms with van der Waals surface area (Å²) in [5.74, 6) is 1.31. The van der Waals surface area contributed by atoms with Crippen LogP contribution in [0.2, 0.25) is 10.0 Å². The summed E-state index contributed by atoms with van der Waals surface area (Å²) in [6.07, 6.45) is 1.87. The number of benzene rings is 1. The van der Waals surface area contributed by atoms with E-state index < -0.39 is 0 Å². The van der Waals surface area contributed by atoms with Crippen LogP contribution < -0.4 is 10.1 Å². The Labute approximate surface area is 162 Å². The highest BCUT2D eigenvalue weighted by molar-refractivity contribution is 6.34. The third kappa shape index (κ3) is 4.90. The molecule has 2 heterocycles. The minimum Gasteiger partial charge on any atom is -0.453 e. The number of halogens is 2. The van der Waals surface area contributed by atoms with Crippen LogP contribution >= 0.6 is 23.2 Å². The fourth-order valence-corrected chi connectivity index (χ4v) is 3.67. The lowest BCUT2D eigenvalue weighted by atomic mass is 10.0. The molecule has 0 atom stereocenters. The largest absolute Gasteiger partial charge is 0.453 e. The van der Waals surface area contributed by atoms with E-state index in [1.54, 1.807) is 25.1 Å². The molecule has 1 aliphatic rings. The van der Waals surface area contributed by atoms with Crippen molar-refractivity contribution in [2.75, 3.05) is 13.1 Å². The number of carbonyl (C=O) groups is 1. The first-order valence-corrected chi connectivity index (χ1v) is 9.33. The maximum absolute atomic E-state index is 11.2. The van der Waals surface area contributed by atoms with Gasteiger partial charge in [-0.3, -0.25) is 14.8 Å². The molecule has 0 bridgehead atoms. The smallest absolute Gasteiger partial charge is 0.217 e. The lowest BCUT2D eigenvalue weighted by Gasteiger charge is -2.31. The molecule has 0 saturated carbocycles. The number of rotatable bonds is 5. The molecule has 1 amide bonds. The second-order valence-electron chi connectivity index (χ2n) is 6.57. The third-order valence-corrected chi connectivity index (χ3v) is 4.83. The van der Waals surface area contributed by atoms with Crippen molar-refractivity contribution in [1.82, 2.24) is 20.4 Å². The van der Waals surface area contributed by atoms with Crippen molar-refractivity contribution in [2.24, 2.45) is 0 Å². The van der Waals surface area contributed by atoms with Crippen molar-refractivity contribution < 1.29 is 9.53 Å². The summed E-state index contributed by atoms with van der Waals surface area (Å²) in [6.45, 7) is 5.98. The van der Waals surface area contributed by atoms with Gasteiger partial charge in [-0.1, -0.05) is 23.2 Å². The minimum absolute atomic E-state index is 0.0310. The van der Waals surface area contributed by atoms with Crippen LogP contribution in [0, 0.1) is 6.92 Å². The van der Waals surface area contributed by atoms with Gasteiger partial charge in [0.1, 0.15) is 11.4 Å². The zero-order valence-electron chi connectivity index (χ0n) is 14.8. The molecule has 2 aromatic rings. The third-order valence-electron chi connectivity index (χ3n) is 4.39. The summed E-state index contributed by atoms with van der Waals surface area (Å²) < 4.78 is 6.01. The molecule has 26 heavy (non-hydrogen) atoms. The molecule has 0 unspecified atom stereocenters. The standard InChI is InChI=1S/C18H22Cl2N4O2/c1-11-18(26-16-8-13(19)7-14(20)9-16)17(23-22-11)10-24-5-3-15(4-6-24)21-12(2)25/h7-9,15H,3-6,10H2,1-2H3,(H,21,25)(H,22,23). The van der Waals surface area contributed by atoms with Gasteiger partial charge >= 0.3 is 0 Å². The Kier molecular flexibility index (Phi) is 6.06. The summed E-state index contributed by atoms with van der Waals surface area (Å²) in [7, 11) is 0. The van der Waals surface area contributed by atoms with Gasteiger partial charge < -0.3 is 10.1 Å². The first-order valence-electron chi connectivity index (χ1n) is 8.58. The van der Waals surface area contributed by atoms with E-state index in [2.05, 4.69) is 20.4 Å². The average molecular weight is 397 g/mol. The number of hydrogen-bond donors (Lipinski definition) is 2. The summed E-state index contributed by atoms with van der Waals surface area (Å²) >= 11 is 12.1. The van der Waals surface area contributed by atoms with Gasteiger partial charge in [0, 0.05) is 42.6 Å². The van der Waals surface area contributed by atoms with Crippen LogP contribution in [0.3, 0.4) is 0 Å². The zero-order valence-corrected chi connectivity index (χ0v) is 16.3. The first-order chi connectivity index (χ1) is 12.4. The number of hydrogen-bond acceptors (Lipinski definition) is 4. The Hall–Kier alpha value is -1.76. The maximum atomic E-state index is 11.2. The molecule has 140 valence electrons. The second kappa shape index (κ2) is 8.29. The summed E-state index contributed by atoms with van der Waals surface area (Å²) in [6, 6.07) is 5.38. The predicted molar refractivity (Wildman–Crippen MR) is 102 cm³/mol. The van der Waals surface area contributed by atoms with Crippen molar-refractivity contribution in [3.05, 3.63) is 39.6 Å². The summed E-state index contributed by atoms with van der Waals surface area (Å²) in [4.78, 5) is 13.5. The van der Waals surface area contributed by atoms with E-state index >= 15 is 0 Å². The highest BCUT2D eigenvalue weighted by Gasteiger charge is 2.22. The number of H-pyrrole nitrogens is 1. The molecule has 0 radical (unpaired) electrons. The van der Waals surface area contributed by atoms with E-state index in [-0.39, 0.29) is 11.9 Å². The van der Waals surface area contributed by atoms with Crippen molar-refractivity contribution in [1.29, 1.82) is 0 Å². The number of likely N-dealkylation sites (tertiary alicyclic amines) is 1. The average Bonchev–Trinajstić information content (AvgIpc) is 2.88. The van der Waals surface area contributed by atoms with Gasteiger partial charge in [-0.2, -0.15) is 5.10 Å².